The maximum Gasteiger partial charge on any atom is 0.337 e. The molecule has 0 amide bonds. The van der Waals surface area contributed by atoms with Crippen LogP contribution in [0.15, 0.2) is 78.9 Å². The third kappa shape index (κ3) is 3.46. The Hall–Kier alpha value is -3.04. The highest BCUT2D eigenvalue weighted by atomic mass is 35.5. The lowest BCUT2D eigenvalue weighted by atomic mass is 10.1. The minimum absolute atomic E-state index is 0.329. The van der Waals surface area contributed by atoms with Crippen molar-refractivity contribution in [2.45, 2.75) is 6.54 Å². The minimum atomic E-state index is -0.329. The van der Waals surface area contributed by atoms with Crippen LogP contribution in [-0.4, -0.2) is 17.6 Å². The lowest BCUT2D eigenvalue weighted by Crippen LogP contribution is -2.05. The van der Waals surface area contributed by atoms with Gasteiger partial charge in [-0.2, -0.15) is 0 Å². The van der Waals surface area contributed by atoms with Crippen molar-refractivity contribution in [1.82, 2.24) is 4.57 Å². The number of fused-ring (bicyclic) bond motifs is 1. The molecule has 27 heavy (non-hydrogen) atoms. The molecule has 0 spiro atoms. The van der Waals surface area contributed by atoms with E-state index in [-0.39, 0.29) is 5.97 Å². The zero-order valence-electron chi connectivity index (χ0n) is 14.9. The average Bonchev–Trinajstić information content (AvgIpc) is 3.05. The predicted molar refractivity (Wildman–Crippen MR) is 109 cm³/mol. The van der Waals surface area contributed by atoms with Crippen LogP contribution in [0.1, 0.15) is 15.9 Å². The molecule has 0 aliphatic heterocycles. The Balaban J connectivity index is 1.84. The van der Waals surface area contributed by atoms with E-state index in [0.717, 1.165) is 27.7 Å². The van der Waals surface area contributed by atoms with E-state index in [0.29, 0.717) is 17.1 Å². The van der Waals surface area contributed by atoms with Gasteiger partial charge in [0.25, 0.3) is 0 Å². The number of aromatic nitrogens is 1. The van der Waals surface area contributed by atoms with Crippen molar-refractivity contribution in [2.75, 3.05) is 7.11 Å². The van der Waals surface area contributed by atoms with E-state index in [1.54, 1.807) is 6.07 Å². The summed E-state index contributed by atoms with van der Waals surface area (Å²) in [6, 6.07) is 25.9. The number of rotatable bonds is 4. The van der Waals surface area contributed by atoms with Crippen LogP contribution in [0.25, 0.3) is 22.2 Å². The molecule has 3 aromatic carbocycles. The van der Waals surface area contributed by atoms with Crippen molar-refractivity contribution in [3.05, 3.63) is 95.0 Å². The molecule has 0 atom stereocenters. The smallest absolute Gasteiger partial charge is 0.337 e. The van der Waals surface area contributed by atoms with Crippen LogP contribution in [0.3, 0.4) is 0 Å². The summed E-state index contributed by atoms with van der Waals surface area (Å²) in [7, 11) is 1.39. The van der Waals surface area contributed by atoms with Gasteiger partial charge in [0.1, 0.15) is 0 Å². The van der Waals surface area contributed by atoms with Gasteiger partial charge in [-0.3, -0.25) is 0 Å². The fourth-order valence-electron chi connectivity index (χ4n) is 3.36. The lowest BCUT2D eigenvalue weighted by molar-refractivity contribution is 0.0600. The van der Waals surface area contributed by atoms with E-state index >= 15 is 0 Å². The first-order valence-corrected chi connectivity index (χ1v) is 9.05. The van der Waals surface area contributed by atoms with Gasteiger partial charge in [-0.25, -0.2) is 4.79 Å². The number of nitrogens with zero attached hydrogens (tertiary/aromatic N) is 1. The number of carbonyl (C=O) groups excluding carboxylic acids is 1. The standard InChI is InChI=1S/C23H18ClNO2/c1-27-23(26)18-9-5-6-16(12-18)15-25-21-11-10-20(24)13-19(21)14-22(25)17-7-3-2-4-8-17/h2-14H,15H2,1H3. The number of hydrogen-bond acceptors (Lipinski definition) is 2. The minimum Gasteiger partial charge on any atom is -0.465 e. The van der Waals surface area contributed by atoms with E-state index in [2.05, 4.69) is 22.8 Å². The van der Waals surface area contributed by atoms with Crippen molar-refractivity contribution in [3.8, 4) is 11.3 Å². The Morgan fingerprint density at radius 2 is 1.78 bits per heavy atom. The number of hydrogen-bond donors (Lipinski definition) is 0. The monoisotopic (exact) mass is 375 g/mol. The topological polar surface area (TPSA) is 31.2 Å². The van der Waals surface area contributed by atoms with Crippen molar-refractivity contribution >= 4 is 28.5 Å². The molecular weight excluding hydrogens is 358 g/mol. The Kier molecular flexibility index (Phi) is 4.69. The Morgan fingerprint density at radius 3 is 2.56 bits per heavy atom. The van der Waals surface area contributed by atoms with Gasteiger partial charge in [0.05, 0.1) is 12.7 Å². The molecule has 0 N–H and O–H groups in total. The van der Waals surface area contributed by atoms with E-state index in [4.69, 9.17) is 16.3 Å². The Bertz CT molecular complexity index is 1120. The molecule has 0 saturated carbocycles. The number of methoxy groups -OCH3 is 1. The molecule has 0 radical (unpaired) electrons. The molecule has 0 aliphatic carbocycles. The zero-order valence-corrected chi connectivity index (χ0v) is 15.6. The average molecular weight is 376 g/mol. The molecule has 1 heterocycles. The fourth-order valence-corrected chi connectivity index (χ4v) is 3.54. The first-order chi connectivity index (χ1) is 13.2. The van der Waals surface area contributed by atoms with E-state index in [9.17, 15) is 4.79 Å². The largest absolute Gasteiger partial charge is 0.465 e. The van der Waals surface area contributed by atoms with Crippen LogP contribution in [0.4, 0.5) is 0 Å². The number of benzene rings is 3. The third-order valence-electron chi connectivity index (χ3n) is 4.62. The van der Waals surface area contributed by atoms with Crippen LogP contribution in [0, 0.1) is 0 Å². The molecule has 134 valence electrons. The van der Waals surface area contributed by atoms with Crippen molar-refractivity contribution < 1.29 is 9.53 Å². The van der Waals surface area contributed by atoms with Gasteiger partial charge in [0, 0.05) is 28.2 Å². The van der Waals surface area contributed by atoms with Crippen molar-refractivity contribution in [2.24, 2.45) is 0 Å². The van der Waals surface area contributed by atoms with Crippen LogP contribution in [0.2, 0.25) is 5.02 Å². The van der Waals surface area contributed by atoms with Crippen LogP contribution in [-0.2, 0) is 11.3 Å². The van der Waals surface area contributed by atoms with Gasteiger partial charge in [0.15, 0.2) is 0 Å². The second kappa shape index (κ2) is 7.29. The second-order valence-corrected chi connectivity index (χ2v) is 6.81. The van der Waals surface area contributed by atoms with E-state index in [1.807, 2.05) is 54.6 Å². The fraction of sp³-hybridized carbons (Fsp3) is 0.0870. The second-order valence-electron chi connectivity index (χ2n) is 6.38. The number of carbonyl (C=O) groups is 1. The highest BCUT2D eigenvalue weighted by molar-refractivity contribution is 6.31. The maximum atomic E-state index is 11.9. The number of ether oxygens (including phenoxy) is 1. The summed E-state index contributed by atoms with van der Waals surface area (Å²) in [6.45, 7) is 0.639. The molecule has 1 aromatic heterocycles. The molecule has 4 rings (SSSR count). The van der Waals surface area contributed by atoms with Crippen LogP contribution < -0.4 is 0 Å². The molecule has 0 bridgehead atoms. The molecular formula is C23H18ClNO2. The molecule has 4 heteroatoms. The van der Waals surface area contributed by atoms with E-state index in [1.165, 1.54) is 7.11 Å². The Labute approximate surface area is 162 Å². The molecule has 0 saturated heterocycles. The van der Waals surface area contributed by atoms with Crippen molar-refractivity contribution in [3.63, 3.8) is 0 Å². The SMILES string of the molecule is COC(=O)c1cccc(Cn2c(-c3ccccc3)cc3cc(Cl)ccc32)c1. The van der Waals surface area contributed by atoms with Crippen LogP contribution >= 0.6 is 11.6 Å². The summed E-state index contributed by atoms with van der Waals surface area (Å²) < 4.78 is 7.09. The number of esters is 1. The van der Waals surface area contributed by atoms with Crippen LogP contribution in [0.5, 0.6) is 0 Å². The highest BCUT2D eigenvalue weighted by Gasteiger charge is 2.13. The highest BCUT2D eigenvalue weighted by Crippen LogP contribution is 2.31. The first kappa shape index (κ1) is 17.4. The van der Waals surface area contributed by atoms with Gasteiger partial charge in [-0.1, -0.05) is 54.1 Å². The molecule has 4 aromatic rings. The third-order valence-corrected chi connectivity index (χ3v) is 4.86. The summed E-state index contributed by atoms with van der Waals surface area (Å²) in [5.74, 6) is -0.329. The van der Waals surface area contributed by atoms with Gasteiger partial charge in [-0.15, -0.1) is 0 Å². The summed E-state index contributed by atoms with van der Waals surface area (Å²) >= 11 is 6.20. The molecule has 0 fully saturated rings. The predicted octanol–water partition coefficient (Wildman–Crippen LogP) is 5.80. The number of halogens is 1. The van der Waals surface area contributed by atoms with Gasteiger partial charge in [-0.05, 0) is 47.5 Å². The van der Waals surface area contributed by atoms with Gasteiger partial charge in [0.2, 0.25) is 0 Å². The van der Waals surface area contributed by atoms with Crippen molar-refractivity contribution in [1.29, 1.82) is 0 Å². The summed E-state index contributed by atoms with van der Waals surface area (Å²) in [5, 5.41) is 1.80. The van der Waals surface area contributed by atoms with Gasteiger partial charge >= 0.3 is 5.97 Å². The maximum absolute atomic E-state index is 11.9. The molecule has 0 unspecified atom stereocenters. The molecule has 3 nitrogen and oxygen atoms in total. The Morgan fingerprint density at radius 1 is 0.963 bits per heavy atom. The summed E-state index contributed by atoms with van der Waals surface area (Å²) in [5.41, 5.74) is 4.92. The van der Waals surface area contributed by atoms with E-state index < -0.39 is 0 Å². The summed E-state index contributed by atoms with van der Waals surface area (Å²) in [4.78, 5) is 11.9. The normalized spacial score (nSPS) is 10.9. The first-order valence-electron chi connectivity index (χ1n) is 8.67. The molecule has 0 aliphatic rings. The quantitative estimate of drug-likeness (QED) is 0.422. The van der Waals surface area contributed by atoms with Gasteiger partial charge < -0.3 is 9.30 Å². The lowest BCUT2D eigenvalue weighted by Gasteiger charge is -2.12. The zero-order chi connectivity index (χ0) is 18.8. The summed E-state index contributed by atoms with van der Waals surface area (Å²) in [6.07, 6.45) is 0.